The predicted molar refractivity (Wildman–Crippen MR) is 80.4 cm³/mol. The summed E-state index contributed by atoms with van der Waals surface area (Å²) < 4.78 is 0. The van der Waals surface area contributed by atoms with Crippen molar-refractivity contribution >= 4 is 26.7 Å². The van der Waals surface area contributed by atoms with Gasteiger partial charge in [-0.2, -0.15) is 5.26 Å². The number of aromatic nitrogens is 1. The van der Waals surface area contributed by atoms with Crippen LogP contribution in [0.15, 0.2) is 24.5 Å². The Kier molecular flexibility index (Phi) is 3.66. The Labute approximate surface area is 121 Å². The fourth-order valence-corrected chi connectivity index (χ4v) is 4.23. The molecule has 0 radical (unpaired) electrons. The monoisotopic (exact) mass is 285 g/mol. The lowest BCUT2D eigenvalue weighted by Gasteiger charge is -2.23. The molecule has 0 aromatic carbocycles. The highest BCUT2D eigenvalue weighted by Gasteiger charge is 2.35. The van der Waals surface area contributed by atoms with Crippen molar-refractivity contribution in [2.45, 2.75) is 25.7 Å². The first-order valence-electron chi connectivity index (χ1n) is 6.81. The summed E-state index contributed by atoms with van der Waals surface area (Å²) in [4.78, 5) is 18.3. The normalized spacial score (nSPS) is 24.6. The van der Waals surface area contributed by atoms with Crippen molar-refractivity contribution < 1.29 is 4.79 Å². The average molecular weight is 285 g/mol. The smallest absolute Gasteiger partial charge is 0.257 e. The highest BCUT2D eigenvalue weighted by atomic mass is 32.1. The number of rotatable bonds is 1. The molecular formula is C15H15N3OS. The fourth-order valence-electron chi connectivity index (χ4n) is 2.81. The molecule has 1 aliphatic heterocycles. The van der Waals surface area contributed by atoms with Gasteiger partial charge in [-0.3, -0.25) is 9.78 Å². The summed E-state index contributed by atoms with van der Waals surface area (Å²) >= 11 is 0. The van der Waals surface area contributed by atoms with E-state index in [1.807, 2.05) is 0 Å². The Morgan fingerprint density at radius 3 is 3.15 bits per heavy atom. The van der Waals surface area contributed by atoms with Crippen molar-refractivity contribution in [1.29, 1.82) is 5.26 Å². The van der Waals surface area contributed by atoms with Crippen molar-refractivity contribution in [2.75, 3.05) is 0 Å². The maximum atomic E-state index is 12.2. The molecule has 2 atom stereocenters. The topological polar surface area (TPSA) is 65.8 Å². The molecule has 3 rings (SSSR count). The molecule has 5 heteroatoms. The van der Waals surface area contributed by atoms with Crippen LogP contribution in [0.1, 0.15) is 36.0 Å². The third-order valence-corrected chi connectivity index (χ3v) is 5.17. The number of hydrogen-bond donors (Lipinski definition) is 1. The SMILES string of the molecule is N#C[C@@H]1C(NC(=O)c2cccnc2)=S=C2CCCCC21. The first kappa shape index (κ1) is 13.1. The lowest BCUT2D eigenvalue weighted by Crippen LogP contribution is -2.36. The summed E-state index contributed by atoms with van der Waals surface area (Å²) in [6.45, 7) is 0. The number of carbonyl (C=O) groups is 1. The van der Waals surface area contributed by atoms with Gasteiger partial charge in [0.25, 0.3) is 5.91 Å². The number of carbonyl (C=O) groups excluding carboxylic acids is 1. The van der Waals surface area contributed by atoms with Gasteiger partial charge in [-0.1, -0.05) is 6.42 Å². The van der Waals surface area contributed by atoms with Crippen LogP contribution in [0.25, 0.3) is 0 Å². The Hall–Kier alpha value is -1.93. The zero-order valence-electron chi connectivity index (χ0n) is 11.0. The second kappa shape index (κ2) is 5.59. The summed E-state index contributed by atoms with van der Waals surface area (Å²) in [7, 11) is 1.61. The van der Waals surface area contributed by atoms with Crippen LogP contribution >= 0.6 is 10.9 Å². The molecule has 20 heavy (non-hydrogen) atoms. The van der Waals surface area contributed by atoms with Crippen molar-refractivity contribution in [1.82, 2.24) is 10.3 Å². The van der Waals surface area contributed by atoms with Crippen LogP contribution in [-0.4, -0.2) is 20.7 Å². The van der Waals surface area contributed by atoms with Gasteiger partial charge in [0, 0.05) is 18.3 Å². The van der Waals surface area contributed by atoms with E-state index in [-0.39, 0.29) is 11.8 Å². The van der Waals surface area contributed by atoms with E-state index < -0.39 is 0 Å². The van der Waals surface area contributed by atoms with E-state index in [0.29, 0.717) is 11.5 Å². The first-order chi connectivity index (χ1) is 9.79. The zero-order valence-corrected chi connectivity index (χ0v) is 11.8. The minimum Gasteiger partial charge on any atom is -0.316 e. The first-order valence-corrected chi connectivity index (χ1v) is 7.62. The van der Waals surface area contributed by atoms with Crippen LogP contribution in [-0.2, 0) is 0 Å². The van der Waals surface area contributed by atoms with E-state index >= 15 is 0 Å². The van der Waals surface area contributed by atoms with Crippen molar-refractivity contribution in [3.05, 3.63) is 30.1 Å². The van der Waals surface area contributed by atoms with Crippen LogP contribution < -0.4 is 5.32 Å². The number of nitrogens with zero attached hydrogens (tertiary/aromatic N) is 2. The molecule has 1 aliphatic carbocycles. The molecule has 1 amide bonds. The van der Waals surface area contributed by atoms with Crippen molar-refractivity contribution in [3.63, 3.8) is 0 Å². The number of nitrogens with one attached hydrogen (secondary N) is 1. The molecule has 1 aromatic rings. The van der Waals surface area contributed by atoms with E-state index in [1.54, 1.807) is 29.3 Å². The molecule has 1 saturated carbocycles. The minimum absolute atomic E-state index is 0.180. The molecule has 1 N–H and O–H groups in total. The third-order valence-electron chi connectivity index (χ3n) is 3.83. The van der Waals surface area contributed by atoms with Crippen molar-refractivity contribution in [3.8, 4) is 6.07 Å². The Morgan fingerprint density at radius 1 is 1.50 bits per heavy atom. The lowest BCUT2D eigenvalue weighted by atomic mass is 9.80. The number of hydrogen-bond acceptors (Lipinski definition) is 3. The molecule has 1 aromatic heterocycles. The predicted octanol–water partition coefficient (Wildman–Crippen LogP) is 2.19. The largest absolute Gasteiger partial charge is 0.316 e. The van der Waals surface area contributed by atoms with Crippen LogP contribution in [0.2, 0.25) is 0 Å². The molecule has 2 aliphatic rings. The molecule has 0 bridgehead atoms. The van der Waals surface area contributed by atoms with Gasteiger partial charge < -0.3 is 5.32 Å². The van der Waals surface area contributed by atoms with E-state index in [2.05, 4.69) is 16.4 Å². The van der Waals surface area contributed by atoms with Gasteiger partial charge >= 0.3 is 0 Å². The van der Waals surface area contributed by atoms with Crippen LogP contribution in [0.4, 0.5) is 0 Å². The molecule has 1 unspecified atom stereocenters. The molecule has 1 fully saturated rings. The third kappa shape index (κ3) is 2.39. The highest BCUT2D eigenvalue weighted by Crippen LogP contribution is 2.33. The van der Waals surface area contributed by atoms with Gasteiger partial charge in [-0.25, -0.2) is 0 Å². The lowest BCUT2D eigenvalue weighted by molar-refractivity contribution is 0.0976. The summed E-state index contributed by atoms with van der Waals surface area (Å²) in [6.07, 6.45) is 7.68. The van der Waals surface area contributed by atoms with Gasteiger partial charge in [0.2, 0.25) is 0 Å². The summed E-state index contributed by atoms with van der Waals surface area (Å²) in [5.41, 5.74) is 0.525. The maximum Gasteiger partial charge on any atom is 0.257 e. The standard InChI is InChI=1S/C15H15N3OS/c16-8-12-11-5-1-2-6-13(11)20-15(12)18-14(19)10-4-3-7-17-9-10/h3-4,7,9,11-12H,1-2,5-6H2,(H,18,19)/t11?,12-/m0/s1. The van der Waals surface area contributed by atoms with Crippen LogP contribution in [0.3, 0.4) is 0 Å². The van der Waals surface area contributed by atoms with E-state index in [9.17, 15) is 10.1 Å². The summed E-state index contributed by atoms with van der Waals surface area (Å²) in [5.74, 6) is -0.0426. The number of fused-ring (bicyclic) bond motifs is 1. The number of pyridine rings is 1. The highest BCUT2D eigenvalue weighted by molar-refractivity contribution is 7.98. The second-order valence-electron chi connectivity index (χ2n) is 5.09. The van der Waals surface area contributed by atoms with Crippen LogP contribution in [0, 0.1) is 23.2 Å². The second-order valence-corrected chi connectivity index (χ2v) is 6.26. The average Bonchev–Trinajstić information content (AvgIpc) is 2.85. The van der Waals surface area contributed by atoms with Gasteiger partial charge in [-0.05, 0) is 36.3 Å². The van der Waals surface area contributed by atoms with E-state index in [4.69, 9.17) is 0 Å². The zero-order chi connectivity index (χ0) is 13.9. The quantitative estimate of drug-likeness (QED) is 0.804. The van der Waals surface area contributed by atoms with Gasteiger partial charge in [-0.15, -0.1) is 10.9 Å². The maximum absolute atomic E-state index is 12.2. The number of nitriles is 1. The van der Waals surface area contributed by atoms with E-state index in [1.165, 1.54) is 23.9 Å². The number of amides is 1. The van der Waals surface area contributed by atoms with Crippen molar-refractivity contribution in [2.24, 2.45) is 11.8 Å². The Balaban J connectivity index is 1.82. The Bertz CT molecular complexity index is 641. The van der Waals surface area contributed by atoms with Gasteiger partial charge in [0.1, 0.15) is 5.92 Å². The fraction of sp³-hybridized carbons (Fsp3) is 0.400. The van der Waals surface area contributed by atoms with Crippen LogP contribution in [0.5, 0.6) is 0 Å². The van der Waals surface area contributed by atoms with Gasteiger partial charge in [0.15, 0.2) is 0 Å². The molecule has 102 valence electrons. The van der Waals surface area contributed by atoms with Gasteiger partial charge in [0.05, 0.1) is 16.6 Å². The summed E-state index contributed by atoms with van der Waals surface area (Å²) in [6, 6.07) is 5.82. The molecule has 4 nitrogen and oxygen atoms in total. The summed E-state index contributed by atoms with van der Waals surface area (Å²) in [5, 5.41) is 12.3. The Morgan fingerprint density at radius 2 is 2.40 bits per heavy atom. The minimum atomic E-state index is -0.184. The van der Waals surface area contributed by atoms with E-state index in [0.717, 1.165) is 17.8 Å². The molecular weight excluding hydrogens is 270 g/mol. The molecule has 0 saturated heterocycles. The molecule has 0 spiro atoms. The molecule has 2 heterocycles.